The van der Waals surface area contributed by atoms with Crippen LogP contribution in [0.2, 0.25) is 0 Å². The van der Waals surface area contributed by atoms with Gasteiger partial charge in [-0.25, -0.2) is 4.39 Å². The van der Waals surface area contributed by atoms with Gasteiger partial charge in [0.2, 0.25) is 0 Å². The first-order valence-electron chi connectivity index (χ1n) is 7.72. The van der Waals surface area contributed by atoms with Crippen LogP contribution in [0.5, 0.6) is 0 Å². The first-order valence-corrected chi connectivity index (χ1v) is 7.72. The van der Waals surface area contributed by atoms with Crippen molar-refractivity contribution in [1.82, 2.24) is 4.90 Å². The number of aliphatic imine (C=N–C) groups is 1. The molecule has 0 amide bonds. The van der Waals surface area contributed by atoms with E-state index in [4.69, 9.17) is 4.99 Å². The Morgan fingerprint density at radius 2 is 1.77 bits per heavy atom. The Morgan fingerprint density at radius 1 is 1.00 bits per heavy atom. The average Bonchev–Trinajstić information content (AvgIpc) is 2.66. The van der Waals surface area contributed by atoms with Crippen LogP contribution in [0.3, 0.4) is 0 Å². The van der Waals surface area contributed by atoms with E-state index in [1.54, 1.807) is 12.1 Å². The molecule has 2 aromatic rings. The normalized spacial score (nSPS) is 15.5. The summed E-state index contributed by atoms with van der Waals surface area (Å²) in [4.78, 5) is 6.93. The number of rotatable bonds is 3. The second-order valence-corrected chi connectivity index (χ2v) is 5.96. The maximum Gasteiger partial charge on any atom is 0.127 e. The molecule has 0 bridgehead atoms. The van der Waals surface area contributed by atoms with E-state index in [-0.39, 0.29) is 5.82 Å². The van der Waals surface area contributed by atoms with E-state index >= 15 is 0 Å². The van der Waals surface area contributed by atoms with E-state index in [9.17, 15) is 4.39 Å². The monoisotopic (exact) mass is 296 g/mol. The first kappa shape index (κ1) is 14.9. The molecule has 114 valence electrons. The van der Waals surface area contributed by atoms with Crippen LogP contribution in [0.1, 0.15) is 22.3 Å². The van der Waals surface area contributed by atoms with Crippen molar-refractivity contribution in [2.45, 2.75) is 12.8 Å². The highest BCUT2D eigenvalue weighted by Crippen LogP contribution is 2.26. The lowest BCUT2D eigenvalue weighted by molar-refractivity contribution is 0.420. The number of aryl methyl sites for hydroxylation is 1. The van der Waals surface area contributed by atoms with Crippen LogP contribution in [0.25, 0.3) is 0 Å². The minimum atomic E-state index is -0.120. The van der Waals surface area contributed by atoms with Crippen molar-refractivity contribution in [2.24, 2.45) is 4.99 Å². The second-order valence-electron chi connectivity index (χ2n) is 5.96. The summed E-state index contributed by atoms with van der Waals surface area (Å²) in [6.45, 7) is 1.60. The van der Waals surface area contributed by atoms with Crippen molar-refractivity contribution in [3.8, 4) is 0 Å². The molecule has 0 aliphatic heterocycles. The third-order valence-corrected chi connectivity index (χ3v) is 4.11. The Morgan fingerprint density at radius 3 is 2.59 bits per heavy atom. The minimum Gasteiger partial charge on any atom is -0.308 e. The molecule has 1 aliphatic rings. The molecule has 0 spiro atoms. The molecule has 0 saturated heterocycles. The van der Waals surface area contributed by atoms with Crippen molar-refractivity contribution < 1.29 is 4.39 Å². The van der Waals surface area contributed by atoms with Gasteiger partial charge >= 0.3 is 0 Å². The number of fused-ring (bicyclic) bond motifs is 2. The molecule has 0 atom stereocenters. The van der Waals surface area contributed by atoms with Gasteiger partial charge in [0.1, 0.15) is 5.82 Å². The summed E-state index contributed by atoms with van der Waals surface area (Å²) < 4.78 is 14.2. The average molecular weight is 296 g/mol. The summed E-state index contributed by atoms with van der Waals surface area (Å²) in [5.41, 5.74) is 5.07. The lowest BCUT2D eigenvalue weighted by Crippen LogP contribution is -2.17. The van der Waals surface area contributed by atoms with E-state index in [0.717, 1.165) is 41.8 Å². The van der Waals surface area contributed by atoms with Crippen molar-refractivity contribution in [3.63, 3.8) is 0 Å². The Hall–Kier alpha value is -2.00. The van der Waals surface area contributed by atoms with Gasteiger partial charge in [-0.2, -0.15) is 0 Å². The van der Waals surface area contributed by atoms with Gasteiger partial charge in [0.05, 0.1) is 12.3 Å². The fourth-order valence-corrected chi connectivity index (χ4v) is 2.94. The Bertz CT molecular complexity index is 704. The standard InChI is InChI=1S/C19H21FN2/c1-22(2)13-12-21-19-15-7-4-3-6-14(15)10-11-16-17(19)8-5-9-18(16)20/h3-9H,10-13H2,1-2H3/b21-19-. The predicted octanol–water partition coefficient (Wildman–Crippen LogP) is 3.32. The van der Waals surface area contributed by atoms with E-state index in [1.165, 1.54) is 5.56 Å². The van der Waals surface area contributed by atoms with Crippen LogP contribution in [0.15, 0.2) is 47.5 Å². The maximum absolute atomic E-state index is 14.2. The summed E-state index contributed by atoms with van der Waals surface area (Å²) >= 11 is 0. The molecule has 0 radical (unpaired) electrons. The smallest absolute Gasteiger partial charge is 0.127 e. The SMILES string of the molecule is CN(C)CC/N=C1/c2ccccc2CCc2c(F)cccc21. The molecule has 0 unspecified atom stereocenters. The zero-order chi connectivity index (χ0) is 15.5. The van der Waals surface area contributed by atoms with Crippen LogP contribution in [0, 0.1) is 5.82 Å². The van der Waals surface area contributed by atoms with E-state index in [0.29, 0.717) is 6.54 Å². The van der Waals surface area contributed by atoms with Crippen LogP contribution in [0.4, 0.5) is 4.39 Å². The van der Waals surface area contributed by atoms with E-state index in [1.807, 2.05) is 32.3 Å². The first-order chi connectivity index (χ1) is 10.7. The molecular formula is C19H21FN2. The molecular weight excluding hydrogens is 275 g/mol. The molecule has 0 aromatic heterocycles. The van der Waals surface area contributed by atoms with Crippen LogP contribution >= 0.6 is 0 Å². The number of halogens is 1. The molecule has 22 heavy (non-hydrogen) atoms. The molecule has 3 rings (SSSR count). The number of hydrogen-bond acceptors (Lipinski definition) is 2. The van der Waals surface area contributed by atoms with Crippen LogP contribution in [-0.4, -0.2) is 37.8 Å². The third-order valence-electron chi connectivity index (χ3n) is 4.11. The zero-order valence-electron chi connectivity index (χ0n) is 13.1. The van der Waals surface area contributed by atoms with E-state index in [2.05, 4.69) is 17.0 Å². The zero-order valence-corrected chi connectivity index (χ0v) is 13.1. The summed E-state index contributed by atoms with van der Waals surface area (Å²) in [6, 6.07) is 13.6. The third kappa shape index (κ3) is 2.95. The lowest BCUT2D eigenvalue weighted by atomic mass is 9.97. The van der Waals surface area contributed by atoms with Crippen molar-refractivity contribution >= 4 is 5.71 Å². The van der Waals surface area contributed by atoms with Gasteiger partial charge in [0, 0.05) is 17.7 Å². The van der Waals surface area contributed by atoms with Crippen molar-refractivity contribution in [1.29, 1.82) is 0 Å². The van der Waals surface area contributed by atoms with Crippen molar-refractivity contribution in [3.05, 3.63) is 70.5 Å². The number of hydrogen-bond donors (Lipinski definition) is 0. The Balaban J connectivity index is 2.11. The molecule has 3 heteroatoms. The summed E-state index contributed by atoms with van der Waals surface area (Å²) in [6.07, 6.45) is 1.59. The van der Waals surface area contributed by atoms with Gasteiger partial charge in [-0.3, -0.25) is 4.99 Å². The summed E-state index contributed by atoms with van der Waals surface area (Å²) in [5.74, 6) is -0.120. The molecule has 0 N–H and O–H groups in total. The largest absolute Gasteiger partial charge is 0.308 e. The number of nitrogens with zero attached hydrogens (tertiary/aromatic N) is 2. The lowest BCUT2D eigenvalue weighted by Gasteiger charge is -2.12. The summed E-state index contributed by atoms with van der Waals surface area (Å²) in [7, 11) is 4.07. The number of likely N-dealkylation sites (N-methyl/N-ethyl adjacent to an activating group) is 1. The highest BCUT2D eigenvalue weighted by molar-refractivity contribution is 6.15. The van der Waals surface area contributed by atoms with Gasteiger partial charge in [-0.05, 0) is 44.1 Å². The molecule has 0 heterocycles. The van der Waals surface area contributed by atoms with E-state index < -0.39 is 0 Å². The van der Waals surface area contributed by atoms with Gasteiger partial charge in [0.25, 0.3) is 0 Å². The van der Waals surface area contributed by atoms with Gasteiger partial charge < -0.3 is 4.90 Å². The maximum atomic E-state index is 14.2. The molecule has 2 aromatic carbocycles. The molecule has 2 nitrogen and oxygen atoms in total. The topological polar surface area (TPSA) is 15.6 Å². The Labute approximate surface area is 131 Å². The second kappa shape index (κ2) is 6.41. The molecule has 0 saturated carbocycles. The van der Waals surface area contributed by atoms with Crippen LogP contribution < -0.4 is 0 Å². The van der Waals surface area contributed by atoms with Crippen molar-refractivity contribution in [2.75, 3.05) is 27.2 Å². The predicted molar refractivity (Wildman–Crippen MR) is 89.3 cm³/mol. The highest BCUT2D eigenvalue weighted by Gasteiger charge is 2.21. The van der Waals surface area contributed by atoms with Gasteiger partial charge in [-0.15, -0.1) is 0 Å². The summed E-state index contributed by atoms with van der Waals surface area (Å²) in [5, 5.41) is 0. The quantitative estimate of drug-likeness (QED) is 0.848. The molecule has 0 fully saturated rings. The fourth-order valence-electron chi connectivity index (χ4n) is 2.94. The van der Waals surface area contributed by atoms with Gasteiger partial charge in [-0.1, -0.05) is 36.4 Å². The highest BCUT2D eigenvalue weighted by atomic mass is 19.1. The fraction of sp³-hybridized carbons (Fsp3) is 0.316. The number of benzene rings is 2. The van der Waals surface area contributed by atoms with Crippen LogP contribution in [-0.2, 0) is 12.8 Å². The Kier molecular flexibility index (Phi) is 4.34. The minimum absolute atomic E-state index is 0.120. The molecule has 1 aliphatic carbocycles. The van der Waals surface area contributed by atoms with Gasteiger partial charge in [0.15, 0.2) is 0 Å².